The molecule has 0 N–H and O–H groups in total. The molecule has 0 aliphatic heterocycles. The van der Waals surface area contributed by atoms with E-state index >= 15 is 0 Å². The Hall–Kier alpha value is -2.04. The second kappa shape index (κ2) is 4.86. The summed E-state index contributed by atoms with van der Waals surface area (Å²) in [5.74, 6) is -0.573. The fourth-order valence-corrected chi connectivity index (χ4v) is 0.766. The van der Waals surface area contributed by atoms with Crippen LogP contribution in [-0.2, 0) is 4.74 Å². The van der Waals surface area contributed by atoms with Crippen molar-refractivity contribution in [3.63, 3.8) is 0 Å². The molecule has 0 atom stereocenters. The van der Waals surface area contributed by atoms with Gasteiger partial charge in [0.2, 0.25) is 0 Å². The molecule has 0 bridgehead atoms. The Morgan fingerprint density at radius 3 is 2.36 bits per heavy atom. The average Bonchev–Trinajstić information content (AvgIpc) is 2.26. The maximum absolute atomic E-state index is 11.2. The number of methoxy groups -OCH3 is 1. The van der Waals surface area contributed by atoms with Gasteiger partial charge in [-0.25, -0.2) is 4.79 Å². The van der Waals surface area contributed by atoms with Crippen molar-refractivity contribution in [1.29, 1.82) is 0 Å². The number of hydrogen-bond acceptors (Lipinski definition) is 3. The summed E-state index contributed by atoms with van der Waals surface area (Å²) in [5, 5.41) is 6.21. The van der Waals surface area contributed by atoms with Crippen LogP contribution >= 0.6 is 0 Å². The van der Waals surface area contributed by atoms with Crippen molar-refractivity contribution in [2.24, 2.45) is 10.2 Å². The van der Waals surface area contributed by atoms with Gasteiger partial charge in [-0.1, -0.05) is 28.4 Å². The first kappa shape index (κ1) is 10.0. The quantitative estimate of drug-likeness (QED) is 0.639. The highest BCUT2D eigenvalue weighted by Crippen LogP contribution is 2.01. The molecule has 14 heavy (non-hydrogen) atoms. The largest absolute Gasteiger partial charge is 0.452 e. The van der Waals surface area contributed by atoms with Crippen molar-refractivity contribution in [3.05, 3.63) is 35.9 Å². The standard InChI is InChI=1S/C9H8N2O3/c1-14-9(13)11-10-8(12)7-5-3-2-4-6-7/h2-6H,1H3. The third-order valence-electron chi connectivity index (χ3n) is 1.42. The second-order valence-corrected chi connectivity index (χ2v) is 2.34. The van der Waals surface area contributed by atoms with Gasteiger partial charge in [-0.15, -0.1) is 0 Å². The average molecular weight is 192 g/mol. The normalized spacial score (nSPS) is 10.1. The lowest BCUT2D eigenvalue weighted by molar-refractivity contribution is 0.0990. The van der Waals surface area contributed by atoms with Crippen LogP contribution in [0.5, 0.6) is 0 Å². The van der Waals surface area contributed by atoms with Gasteiger partial charge in [-0.2, -0.15) is 0 Å². The summed E-state index contributed by atoms with van der Waals surface area (Å²) in [6.07, 6.45) is -0.894. The number of ether oxygens (including phenoxy) is 1. The Balaban J connectivity index is 2.69. The second-order valence-electron chi connectivity index (χ2n) is 2.34. The zero-order valence-corrected chi connectivity index (χ0v) is 7.51. The van der Waals surface area contributed by atoms with Crippen LogP contribution in [-0.4, -0.2) is 19.1 Å². The van der Waals surface area contributed by atoms with Crippen LogP contribution in [0.25, 0.3) is 0 Å². The van der Waals surface area contributed by atoms with Crippen molar-refractivity contribution < 1.29 is 14.3 Å². The molecular weight excluding hydrogens is 184 g/mol. The first-order valence-electron chi connectivity index (χ1n) is 3.83. The van der Waals surface area contributed by atoms with Crippen molar-refractivity contribution in [1.82, 2.24) is 0 Å². The van der Waals surface area contributed by atoms with Gasteiger partial charge < -0.3 is 4.74 Å². The molecule has 1 aromatic rings. The van der Waals surface area contributed by atoms with Crippen LogP contribution in [0.1, 0.15) is 10.4 Å². The van der Waals surface area contributed by atoms with E-state index in [1.54, 1.807) is 30.3 Å². The number of carbonyl (C=O) groups is 2. The number of hydrogen-bond donors (Lipinski definition) is 0. The van der Waals surface area contributed by atoms with E-state index in [2.05, 4.69) is 15.0 Å². The summed E-state index contributed by atoms with van der Waals surface area (Å²) in [4.78, 5) is 21.7. The smallest absolute Gasteiger partial charge is 0.450 e. The minimum absolute atomic E-state index is 0.375. The van der Waals surface area contributed by atoms with E-state index in [-0.39, 0.29) is 0 Å². The first-order chi connectivity index (χ1) is 6.74. The summed E-state index contributed by atoms with van der Waals surface area (Å²) in [6.45, 7) is 0. The van der Waals surface area contributed by atoms with Crippen molar-refractivity contribution in [2.75, 3.05) is 7.11 Å². The maximum atomic E-state index is 11.2. The molecule has 1 aromatic carbocycles. The molecule has 0 radical (unpaired) electrons. The lowest BCUT2D eigenvalue weighted by Gasteiger charge is -1.91. The Kier molecular flexibility index (Phi) is 3.49. The van der Waals surface area contributed by atoms with Gasteiger partial charge in [0.1, 0.15) is 0 Å². The fourth-order valence-electron chi connectivity index (χ4n) is 0.766. The molecular formula is C9H8N2O3. The third kappa shape index (κ3) is 2.78. The molecule has 0 unspecified atom stereocenters. The number of nitrogens with zero attached hydrogens (tertiary/aromatic N) is 2. The predicted octanol–water partition coefficient (Wildman–Crippen LogP) is 2.05. The van der Waals surface area contributed by atoms with E-state index in [0.717, 1.165) is 7.11 Å². The van der Waals surface area contributed by atoms with Gasteiger partial charge >= 0.3 is 6.09 Å². The summed E-state index contributed by atoms with van der Waals surface area (Å²) in [7, 11) is 1.16. The van der Waals surface area contributed by atoms with Crippen LogP contribution in [0.2, 0.25) is 0 Å². The van der Waals surface area contributed by atoms with E-state index in [4.69, 9.17) is 0 Å². The van der Waals surface area contributed by atoms with Crippen LogP contribution in [0, 0.1) is 0 Å². The topological polar surface area (TPSA) is 68.1 Å². The predicted molar refractivity (Wildman–Crippen MR) is 48.0 cm³/mol. The number of amides is 2. The van der Waals surface area contributed by atoms with Gasteiger partial charge in [0.25, 0.3) is 5.91 Å². The molecule has 0 aromatic heterocycles. The molecule has 5 heteroatoms. The molecule has 0 saturated carbocycles. The highest BCUT2D eigenvalue weighted by Gasteiger charge is 2.03. The molecule has 5 nitrogen and oxygen atoms in total. The van der Waals surface area contributed by atoms with E-state index in [1.165, 1.54) is 0 Å². The minimum Gasteiger partial charge on any atom is -0.450 e. The SMILES string of the molecule is COC(=O)N=NC(=O)c1ccccc1. The summed E-state index contributed by atoms with van der Waals surface area (Å²) < 4.78 is 4.18. The first-order valence-corrected chi connectivity index (χ1v) is 3.83. The van der Waals surface area contributed by atoms with Gasteiger partial charge in [-0.05, 0) is 12.1 Å². The molecule has 0 aliphatic carbocycles. The molecule has 0 fully saturated rings. The van der Waals surface area contributed by atoms with Gasteiger partial charge in [0.15, 0.2) is 0 Å². The molecule has 0 heterocycles. The Labute approximate surface area is 80.4 Å². The maximum Gasteiger partial charge on any atom is 0.452 e. The molecule has 72 valence electrons. The minimum atomic E-state index is -0.894. The fraction of sp³-hybridized carbons (Fsp3) is 0.111. The summed E-state index contributed by atoms with van der Waals surface area (Å²) in [5.41, 5.74) is 0.375. The molecule has 0 aliphatic rings. The van der Waals surface area contributed by atoms with Crippen molar-refractivity contribution in [3.8, 4) is 0 Å². The zero-order chi connectivity index (χ0) is 10.4. The van der Waals surface area contributed by atoms with E-state index in [1.807, 2.05) is 0 Å². The van der Waals surface area contributed by atoms with Gasteiger partial charge in [0, 0.05) is 5.56 Å². The van der Waals surface area contributed by atoms with Gasteiger partial charge in [0.05, 0.1) is 7.11 Å². The summed E-state index contributed by atoms with van der Waals surface area (Å²) in [6, 6.07) is 8.33. The molecule has 0 spiro atoms. The van der Waals surface area contributed by atoms with Crippen LogP contribution in [0.4, 0.5) is 4.79 Å². The lowest BCUT2D eigenvalue weighted by atomic mass is 10.2. The number of azo groups is 1. The lowest BCUT2D eigenvalue weighted by Crippen LogP contribution is -1.96. The number of carbonyl (C=O) groups excluding carboxylic acids is 2. The van der Waals surface area contributed by atoms with Crippen LogP contribution in [0.15, 0.2) is 40.6 Å². The highest BCUT2D eigenvalue weighted by atomic mass is 16.5. The Morgan fingerprint density at radius 1 is 1.14 bits per heavy atom. The Bertz CT molecular complexity index is 360. The highest BCUT2D eigenvalue weighted by molar-refractivity contribution is 5.95. The third-order valence-corrected chi connectivity index (χ3v) is 1.42. The van der Waals surface area contributed by atoms with E-state index < -0.39 is 12.0 Å². The van der Waals surface area contributed by atoms with Crippen LogP contribution in [0.3, 0.4) is 0 Å². The van der Waals surface area contributed by atoms with Crippen LogP contribution < -0.4 is 0 Å². The van der Waals surface area contributed by atoms with Crippen molar-refractivity contribution in [2.45, 2.75) is 0 Å². The monoisotopic (exact) mass is 192 g/mol. The molecule has 1 rings (SSSR count). The molecule has 2 amide bonds. The van der Waals surface area contributed by atoms with Gasteiger partial charge in [-0.3, -0.25) is 4.79 Å². The molecule has 0 saturated heterocycles. The van der Waals surface area contributed by atoms with Crippen molar-refractivity contribution >= 4 is 12.0 Å². The van der Waals surface area contributed by atoms with E-state index in [0.29, 0.717) is 5.56 Å². The Morgan fingerprint density at radius 2 is 1.79 bits per heavy atom. The van der Waals surface area contributed by atoms with E-state index in [9.17, 15) is 9.59 Å². The summed E-state index contributed by atoms with van der Waals surface area (Å²) >= 11 is 0. The number of rotatable bonds is 1. The zero-order valence-electron chi connectivity index (χ0n) is 7.51. The number of benzene rings is 1.